The Morgan fingerprint density at radius 3 is 2.68 bits per heavy atom. The average Bonchev–Trinajstić information content (AvgIpc) is 3.30. The van der Waals surface area contributed by atoms with E-state index in [0.29, 0.717) is 11.5 Å². The number of nitrogens with zero attached hydrogens (tertiary/aromatic N) is 2. The number of hydrogen-bond donors (Lipinski definition) is 1. The van der Waals surface area contributed by atoms with E-state index in [1.807, 2.05) is 54.6 Å². The van der Waals surface area contributed by atoms with Crippen LogP contribution < -0.4 is 0 Å². The van der Waals surface area contributed by atoms with Crippen LogP contribution in [0.25, 0.3) is 22.4 Å². The van der Waals surface area contributed by atoms with Gasteiger partial charge in [-0.15, -0.1) is 10.2 Å². The molecule has 0 amide bonds. The van der Waals surface area contributed by atoms with E-state index in [2.05, 4.69) is 15.2 Å². The van der Waals surface area contributed by atoms with E-state index in [0.717, 1.165) is 16.5 Å². The number of hydrogen-bond acceptors (Lipinski definition) is 5. The Labute approximate surface area is 143 Å². The number of ether oxygens (including phenoxy) is 1. The van der Waals surface area contributed by atoms with Gasteiger partial charge in [-0.05, 0) is 25.1 Å². The predicted octanol–water partition coefficient (Wildman–Crippen LogP) is 4.14. The molecular formula is C19H15N3O3. The van der Waals surface area contributed by atoms with Gasteiger partial charge in [0.05, 0.1) is 5.56 Å². The van der Waals surface area contributed by atoms with Crippen molar-refractivity contribution >= 4 is 16.9 Å². The molecule has 124 valence electrons. The summed E-state index contributed by atoms with van der Waals surface area (Å²) in [6.07, 6.45) is 0.995. The van der Waals surface area contributed by atoms with E-state index in [1.165, 1.54) is 0 Å². The van der Waals surface area contributed by atoms with Gasteiger partial charge in [0.25, 0.3) is 5.89 Å². The van der Waals surface area contributed by atoms with Crippen LogP contribution in [0, 0.1) is 0 Å². The van der Waals surface area contributed by atoms with Gasteiger partial charge in [-0.3, -0.25) is 0 Å². The molecule has 4 aromatic rings. The molecule has 0 unspecified atom stereocenters. The molecule has 0 spiro atoms. The van der Waals surface area contributed by atoms with Crippen molar-refractivity contribution in [3.63, 3.8) is 0 Å². The van der Waals surface area contributed by atoms with Gasteiger partial charge in [-0.25, -0.2) is 4.79 Å². The van der Waals surface area contributed by atoms with Gasteiger partial charge in [0.2, 0.25) is 5.89 Å². The highest BCUT2D eigenvalue weighted by atomic mass is 16.6. The van der Waals surface area contributed by atoms with Gasteiger partial charge in [-0.1, -0.05) is 36.4 Å². The van der Waals surface area contributed by atoms with Gasteiger partial charge in [-0.2, -0.15) is 0 Å². The number of aromatic nitrogens is 3. The second-order valence-corrected chi connectivity index (χ2v) is 5.61. The summed E-state index contributed by atoms with van der Waals surface area (Å²) in [5.74, 6) is 0.210. The lowest BCUT2D eigenvalue weighted by Crippen LogP contribution is -2.09. The van der Waals surface area contributed by atoms with Crippen molar-refractivity contribution in [1.29, 1.82) is 0 Å². The summed E-state index contributed by atoms with van der Waals surface area (Å²) in [4.78, 5) is 15.5. The summed E-state index contributed by atoms with van der Waals surface area (Å²) in [6, 6.07) is 17.0. The highest BCUT2D eigenvalue weighted by Crippen LogP contribution is 2.24. The maximum atomic E-state index is 12.4. The van der Waals surface area contributed by atoms with Crippen LogP contribution in [0.1, 0.15) is 29.3 Å². The number of carbonyl (C=O) groups excluding carboxylic acids is 1. The van der Waals surface area contributed by atoms with Gasteiger partial charge < -0.3 is 14.1 Å². The molecule has 0 saturated heterocycles. The number of rotatable bonds is 4. The summed E-state index contributed by atoms with van der Waals surface area (Å²) >= 11 is 0. The van der Waals surface area contributed by atoms with Crippen LogP contribution in [0.5, 0.6) is 0 Å². The van der Waals surface area contributed by atoms with Crippen LogP contribution in [0.4, 0.5) is 0 Å². The maximum absolute atomic E-state index is 12.4. The van der Waals surface area contributed by atoms with E-state index in [-0.39, 0.29) is 5.89 Å². The van der Waals surface area contributed by atoms with Crippen LogP contribution in [-0.2, 0) is 4.74 Å². The first-order valence-electron chi connectivity index (χ1n) is 7.88. The molecule has 0 aliphatic rings. The third-order valence-electron chi connectivity index (χ3n) is 3.90. The molecule has 0 bridgehead atoms. The van der Waals surface area contributed by atoms with Crippen LogP contribution in [0.2, 0.25) is 0 Å². The Morgan fingerprint density at radius 1 is 1.08 bits per heavy atom. The van der Waals surface area contributed by atoms with E-state index >= 15 is 0 Å². The van der Waals surface area contributed by atoms with E-state index in [9.17, 15) is 4.79 Å². The fourth-order valence-corrected chi connectivity index (χ4v) is 2.61. The lowest BCUT2D eigenvalue weighted by molar-refractivity contribution is 0.0282. The first-order valence-corrected chi connectivity index (χ1v) is 7.88. The molecule has 1 N–H and O–H groups in total. The molecule has 2 aromatic carbocycles. The lowest BCUT2D eigenvalue weighted by Gasteiger charge is -2.08. The molecule has 0 aliphatic carbocycles. The van der Waals surface area contributed by atoms with E-state index in [4.69, 9.17) is 9.15 Å². The first-order chi connectivity index (χ1) is 12.2. The third-order valence-corrected chi connectivity index (χ3v) is 3.90. The minimum Gasteiger partial charge on any atom is -0.449 e. The highest BCUT2D eigenvalue weighted by Gasteiger charge is 2.21. The van der Waals surface area contributed by atoms with Gasteiger partial charge in [0, 0.05) is 22.7 Å². The van der Waals surface area contributed by atoms with E-state index in [1.54, 1.807) is 13.1 Å². The number of fused-ring (bicyclic) bond motifs is 1. The zero-order valence-electron chi connectivity index (χ0n) is 13.5. The van der Waals surface area contributed by atoms with Crippen LogP contribution >= 0.6 is 0 Å². The lowest BCUT2D eigenvalue weighted by atomic mass is 10.2. The number of benzene rings is 2. The quantitative estimate of drug-likeness (QED) is 0.568. The van der Waals surface area contributed by atoms with Crippen LogP contribution in [-0.4, -0.2) is 21.2 Å². The molecule has 0 radical (unpaired) electrons. The number of para-hydroxylation sites is 1. The van der Waals surface area contributed by atoms with E-state index < -0.39 is 12.1 Å². The second-order valence-electron chi connectivity index (χ2n) is 5.61. The van der Waals surface area contributed by atoms with Crippen molar-refractivity contribution < 1.29 is 13.9 Å². The fraction of sp³-hybridized carbons (Fsp3) is 0.105. The number of carbonyl (C=O) groups is 1. The zero-order chi connectivity index (χ0) is 17.2. The second kappa shape index (κ2) is 6.24. The summed E-state index contributed by atoms with van der Waals surface area (Å²) in [5, 5.41) is 8.82. The zero-order valence-corrected chi connectivity index (χ0v) is 13.5. The molecule has 4 rings (SSSR count). The summed E-state index contributed by atoms with van der Waals surface area (Å²) in [6.45, 7) is 1.70. The molecule has 2 heterocycles. The summed E-state index contributed by atoms with van der Waals surface area (Å²) in [7, 11) is 0. The van der Waals surface area contributed by atoms with Gasteiger partial charge in [0.1, 0.15) is 0 Å². The molecule has 0 fully saturated rings. The van der Waals surface area contributed by atoms with Crippen molar-refractivity contribution in [2.75, 3.05) is 0 Å². The molecule has 25 heavy (non-hydrogen) atoms. The standard InChI is InChI=1S/C19H15N3O3/c1-12(17-21-22-18(25-17)13-7-3-2-4-8-13)24-19(23)15-11-20-16-10-6-5-9-14(15)16/h2-12,20H,1H3/t12-/m1/s1. The average molecular weight is 333 g/mol. The normalized spacial score (nSPS) is 12.2. The topological polar surface area (TPSA) is 81.0 Å². The van der Waals surface area contributed by atoms with Crippen molar-refractivity contribution in [1.82, 2.24) is 15.2 Å². The largest absolute Gasteiger partial charge is 0.449 e. The molecule has 0 saturated carbocycles. The monoisotopic (exact) mass is 333 g/mol. The van der Waals surface area contributed by atoms with Crippen molar-refractivity contribution in [2.24, 2.45) is 0 Å². The molecule has 0 aliphatic heterocycles. The molecule has 2 aromatic heterocycles. The van der Waals surface area contributed by atoms with Gasteiger partial charge in [0.15, 0.2) is 6.10 Å². The van der Waals surface area contributed by atoms with Crippen molar-refractivity contribution in [3.05, 3.63) is 72.2 Å². The molecule has 1 atom stereocenters. The third kappa shape index (κ3) is 2.89. The first kappa shape index (κ1) is 15.1. The van der Waals surface area contributed by atoms with Crippen molar-refractivity contribution in [3.8, 4) is 11.5 Å². The minimum atomic E-state index is -0.647. The number of aromatic amines is 1. The highest BCUT2D eigenvalue weighted by molar-refractivity contribution is 6.04. The smallest absolute Gasteiger partial charge is 0.341 e. The molecule has 6 nitrogen and oxygen atoms in total. The number of H-pyrrole nitrogens is 1. The Morgan fingerprint density at radius 2 is 1.84 bits per heavy atom. The summed E-state index contributed by atoms with van der Waals surface area (Å²) < 4.78 is 11.1. The minimum absolute atomic E-state index is 0.257. The SMILES string of the molecule is C[C@@H](OC(=O)c1c[nH]c2ccccc12)c1nnc(-c2ccccc2)o1. The van der Waals surface area contributed by atoms with Crippen LogP contribution in [0.15, 0.2) is 65.2 Å². The van der Waals surface area contributed by atoms with Gasteiger partial charge >= 0.3 is 5.97 Å². The molecular weight excluding hydrogens is 318 g/mol. The number of nitrogens with one attached hydrogen (secondary N) is 1. The maximum Gasteiger partial charge on any atom is 0.341 e. The molecule has 6 heteroatoms. The Hall–Kier alpha value is -3.41. The Bertz CT molecular complexity index is 1020. The Kier molecular flexibility index (Phi) is 3.78. The number of esters is 1. The fourth-order valence-electron chi connectivity index (χ4n) is 2.61. The van der Waals surface area contributed by atoms with Crippen molar-refractivity contribution in [2.45, 2.75) is 13.0 Å². The predicted molar refractivity (Wildman–Crippen MR) is 91.9 cm³/mol. The summed E-state index contributed by atoms with van der Waals surface area (Å²) in [5.41, 5.74) is 2.17. The van der Waals surface area contributed by atoms with Crippen LogP contribution in [0.3, 0.4) is 0 Å². The Balaban J connectivity index is 1.53.